The van der Waals surface area contributed by atoms with Crippen LogP contribution in [0.2, 0.25) is 0 Å². The maximum Gasteiger partial charge on any atom is 0.427 e. The van der Waals surface area contributed by atoms with E-state index in [-0.39, 0.29) is 23.6 Å². The average molecular weight is 463 g/mol. The highest BCUT2D eigenvalue weighted by atomic mass is 32.2. The average Bonchev–Trinajstić information content (AvgIpc) is 2.53. The molecular formula is C12H13F12NO2S. The quantitative estimate of drug-likeness (QED) is 0.518. The molecule has 0 aromatic heterocycles. The van der Waals surface area contributed by atoms with Crippen molar-refractivity contribution in [2.24, 2.45) is 0 Å². The summed E-state index contributed by atoms with van der Waals surface area (Å²) in [4.78, 5) is 0. The van der Waals surface area contributed by atoms with Crippen LogP contribution in [0.5, 0.6) is 0 Å². The third kappa shape index (κ3) is 3.23. The molecule has 1 fully saturated rings. The number of hydrogen-bond donors (Lipinski definition) is 0. The first-order valence-corrected chi connectivity index (χ1v) is 8.81. The Morgan fingerprint density at radius 1 is 0.607 bits per heavy atom. The zero-order valence-corrected chi connectivity index (χ0v) is 14.6. The Balaban J connectivity index is 3.53. The van der Waals surface area contributed by atoms with Crippen LogP contribution in [0.3, 0.4) is 0 Å². The molecule has 1 heterocycles. The Bertz CT molecular complexity index is 679. The lowest BCUT2D eigenvalue weighted by molar-refractivity contribution is -0.414. The SMILES string of the molecule is CC(F)(F)C(F)(F)C(F)(F)C(F)(F)C(F)(F)C(F)(F)S(=O)(=O)N1CCCCC1. The van der Waals surface area contributed by atoms with Crippen molar-refractivity contribution in [2.75, 3.05) is 13.1 Å². The predicted octanol–water partition coefficient (Wildman–Crippen LogP) is 4.59. The second-order valence-electron chi connectivity index (χ2n) is 6.17. The third-order valence-corrected chi connectivity index (χ3v) is 6.03. The van der Waals surface area contributed by atoms with Crippen molar-refractivity contribution in [3.63, 3.8) is 0 Å². The first-order chi connectivity index (χ1) is 12.1. The topological polar surface area (TPSA) is 37.4 Å². The summed E-state index contributed by atoms with van der Waals surface area (Å²) in [5.41, 5.74) is 0. The number of alkyl halides is 12. The Kier molecular flexibility index (Phi) is 6.10. The van der Waals surface area contributed by atoms with E-state index in [0.717, 1.165) is 0 Å². The van der Waals surface area contributed by atoms with Crippen molar-refractivity contribution in [1.29, 1.82) is 0 Å². The summed E-state index contributed by atoms with van der Waals surface area (Å²) < 4.78 is 183. The molecule has 0 aromatic carbocycles. The lowest BCUT2D eigenvalue weighted by Crippen LogP contribution is -2.72. The van der Waals surface area contributed by atoms with Gasteiger partial charge in [-0.25, -0.2) is 8.42 Å². The second kappa shape index (κ2) is 6.80. The molecule has 0 N–H and O–H groups in total. The van der Waals surface area contributed by atoms with Gasteiger partial charge in [0.2, 0.25) is 0 Å². The minimum atomic E-state index is -7.88. The van der Waals surface area contributed by atoms with Gasteiger partial charge >= 0.3 is 34.9 Å². The fourth-order valence-corrected chi connectivity index (χ4v) is 3.80. The smallest absolute Gasteiger partial charge is 0.206 e. The number of piperidine rings is 1. The lowest BCUT2D eigenvalue weighted by atomic mass is 9.95. The first-order valence-electron chi connectivity index (χ1n) is 7.37. The second-order valence-corrected chi connectivity index (χ2v) is 8.15. The molecule has 1 aliphatic rings. The van der Waals surface area contributed by atoms with Crippen LogP contribution in [0.4, 0.5) is 52.7 Å². The van der Waals surface area contributed by atoms with Crippen molar-refractivity contribution in [2.45, 2.75) is 61.1 Å². The van der Waals surface area contributed by atoms with Gasteiger partial charge in [-0.05, 0) is 12.8 Å². The van der Waals surface area contributed by atoms with Crippen LogP contribution in [0.15, 0.2) is 0 Å². The fourth-order valence-electron chi connectivity index (χ4n) is 2.28. The van der Waals surface area contributed by atoms with Crippen LogP contribution in [0.1, 0.15) is 26.2 Å². The van der Waals surface area contributed by atoms with Crippen molar-refractivity contribution in [3.8, 4) is 0 Å². The van der Waals surface area contributed by atoms with E-state index in [1.54, 1.807) is 0 Å². The number of hydrogen-bond acceptors (Lipinski definition) is 2. The van der Waals surface area contributed by atoms with Crippen molar-refractivity contribution >= 4 is 10.0 Å². The van der Waals surface area contributed by atoms with E-state index in [0.29, 0.717) is 0 Å². The van der Waals surface area contributed by atoms with Crippen molar-refractivity contribution < 1.29 is 61.1 Å². The zero-order valence-electron chi connectivity index (χ0n) is 13.7. The van der Waals surface area contributed by atoms with Crippen LogP contribution in [0, 0.1) is 0 Å². The van der Waals surface area contributed by atoms with E-state index in [1.165, 1.54) is 0 Å². The molecule has 1 rings (SSSR count). The number of nitrogens with zero attached hydrogens (tertiary/aromatic N) is 1. The molecule has 0 atom stereocenters. The highest BCUT2D eigenvalue weighted by Gasteiger charge is 2.91. The van der Waals surface area contributed by atoms with E-state index in [1.807, 2.05) is 0 Å². The van der Waals surface area contributed by atoms with Crippen LogP contribution in [-0.4, -0.2) is 60.7 Å². The molecule has 0 bridgehead atoms. The van der Waals surface area contributed by atoms with Crippen LogP contribution < -0.4 is 0 Å². The molecule has 0 radical (unpaired) electrons. The van der Waals surface area contributed by atoms with Gasteiger partial charge in [-0.3, -0.25) is 0 Å². The monoisotopic (exact) mass is 463 g/mol. The van der Waals surface area contributed by atoms with E-state index >= 15 is 0 Å². The molecule has 0 aliphatic carbocycles. The summed E-state index contributed by atoms with van der Waals surface area (Å²) >= 11 is 0. The molecule has 0 unspecified atom stereocenters. The molecular weight excluding hydrogens is 450 g/mol. The summed E-state index contributed by atoms with van der Waals surface area (Å²) in [6.45, 7) is -2.73. The first kappa shape index (κ1) is 25.1. The van der Waals surface area contributed by atoms with Crippen molar-refractivity contribution in [1.82, 2.24) is 4.31 Å². The zero-order chi connectivity index (χ0) is 22.6. The molecule has 1 saturated heterocycles. The minimum Gasteiger partial charge on any atom is -0.206 e. The van der Waals surface area contributed by atoms with Gasteiger partial charge in [-0.2, -0.15) is 57.0 Å². The molecule has 3 nitrogen and oxygen atoms in total. The van der Waals surface area contributed by atoms with Gasteiger partial charge in [-0.15, -0.1) is 0 Å². The molecule has 0 saturated carbocycles. The summed E-state index contributed by atoms with van der Waals surface area (Å²) in [7, 11) is -6.74. The third-order valence-electron chi connectivity index (χ3n) is 4.08. The van der Waals surface area contributed by atoms with Gasteiger partial charge in [0, 0.05) is 20.0 Å². The normalized spacial score (nSPS) is 19.8. The summed E-state index contributed by atoms with van der Waals surface area (Å²) in [6.07, 6.45) is -0.0683. The molecule has 28 heavy (non-hydrogen) atoms. The Hall–Kier alpha value is -0.930. The van der Waals surface area contributed by atoms with Gasteiger partial charge in [0.1, 0.15) is 0 Å². The Morgan fingerprint density at radius 2 is 0.964 bits per heavy atom. The minimum absolute atomic E-state index is 0.159. The van der Waals surface area contributed by atoms with E-state index in [4.69, 9.17) is 0 Å². The number of rotatable bonds is 7. The van der Waals surface area contributed by atoms with Crippen LogP contribution in [0.25, 0.3) is 0 Å². The van der Waals surface area contributed by atoms with Crippen molar-refractivity contribution in [3.05, 3.63) is 0 Å². The molecule has 0 spiro atoms. The summed E-state index contributed by atoms with van der Waals surface area (Å²) in [5.74, 6) is -36.6. The largest absolute Gasteiger partial charge is 0.427 e. The molecule has 1 aliphatic heterocycles. The molecule has 16 heteroatoms. The highest BCUT2D eigenvalue weighted by molar-refractivity contribution is 7.90. The Morgan fingerprint density at radius 3 is 1.32 bits per heavy atom. The van der Waals surface area contributed by atoms with Gasteiger partial charge in [0.25, 0.3) is 10.0 Å². The van der Waals surface area contributed by atoms with Crippen LogP contribution in [-0.2, 0) is 10.0 Å². The molecule has 168 valence electrons. The number of sulfonamides is 1. The maximum atomic E-state index is 13.8. The van der Waals surface area contributed by atoms with E-state index in [9.17, 15) is 61.1 Å². The predicted molar refractivity (Wildman–Crippen MR) is 69.7 cm³/mol. The highest BCUT2D eigenvalue weighted by Crippen LogP contribution is 2.61. The standard InChI is InChI=1S/C12H13F12NO2S/c1-7(13,14)8(15,16)9(17,18)10(19,20)11(21,22)12(23,24)28(26,27)25-5-3-2-4-6-25/h2-6H2,1H3. The Labute approximate surface area is 150 Å². The van der Waals surface area contributed by atoms with Gasteiger partial charge < -0.3 is 0 Å². The van der Waals surface area contributed by atoms with Gasteiger partial charge in [0.15, 0.2) is 0 Å². The maximum absolute atomic E-state index is 13.8. The van der Waals surface area contributed by atoms with Crippen LogP contribution >= 0.6 is 0 Å². The number of halogens is 12. The summed E-state index contributed by atoms with van der Waals surface area (Å²) in [6, 6.07) is 0. The van der Waals surface area contributed by atoms with Gasteiger partial charge in [-0.1, -0.05) is 6.42 Å². The molecule has 0 amide bonds. The van der Waals surface area contributed by atoms with E-state index < -0.39 is 64.9 Å². The van der Waals surface area contributed by atoms with E-state index in [2.05, 4.69) is 0 Å². The summed E-state index contributed by atoms with van der Waals surface area (Å²) in [5, 5.41) is -7.01. The molecule has 0 aromatic rings. The lowest BCUT2D eigenvalue weighted by Gasteiger charge is -2.41. The van der Waals surface area contributed by atoms with Gasteiger partial charge in [0.05, 0.1) is 0 Å². The fraction of sp³-hybridized carbons (Fsp3) is 1.00.